The fourth-order valence-electron chi connectivity index (χ4n) is 0.487. The molecule has 0 heterocycles. The van der Waals surface area contributed by atoms with Crippen molar-refractivity contribution in [2.75, 3.05) is 0 Å². The molecule has 4 heteroatoms. The maximum atomic E-state index is 11.1. The summed E-state index contributed by atoms with van der Waals surface area (Å²) in [5.41, 5.74) is -0.648. The number of carbonyl (C=O) groups excluding carboxylic acids is 2. The standard InChI is InChI=1S/C8H12O4/c1-8(2,3)6(10)4-5(9)7(11)12/h4H2,1-3H3,(H,11,12). The topological polar surface area (TPSA) is 71.4 Å². The van der Waals surface area contributed by atoms with Gasteiger partial charge < -0.3 is 5.11 Å². The molecule has 0 amide bonds. The fraction of sp³-hybridized carbons (Fsp3) is 0.625. The number of hydrogen-bond acceptors (Lipinski definition) is 3. The summed E-state index contributed by atoms with van der Waals surface area (Å²) in [6, 6.07) is 0. The summed E-state index contributed by atoms with van der Waals surface area (Å²) in [6.07, 6.45) is -0.515. The quantitative estimate of drug-likeness (QED) is 0.501. The minimum atomic E-state index is -1.55. The molecule has 4 nitrogen and oxygen atoms in total. The van der Waals surface area contributed by atoms with Crippen molar-refractivity contribution in [3.05, 3.63) is 0 Å². The third-order valence-corrected chi connectivity index (χ3v) is 1.40. The van der Waals surface area contributed by atoms with Crippen molar-refractivity contribution in [3.8, 4) is 0 Å². The van der Waals surface area contributed by atoms with E-state index in [0.29, 0.717) is 0 Å². The van der Waals surface area contributed by atoms with Gasteiger partial charge in [-0.05, 0) is 0 Å². The maximum Gasteiger partial charge on any atom is 0.372 e. The number of hydrogen-bond donors (Lipinski definition) is 1. The molecule has 0 fully saturated rings. The highest BCUT2D eigenvalue weighted by Gasteiger charge is 2.25. The first kappa shape index (κ1) is 10.8. The first-order valence-corrected chi connectivity index (χ1v) is 3.54. The number of carbonyl (C=O) groups is 3. The Labute approximate surface area is 70.6 Å². The van der Waals surface area contributed by atoms with Crippen molar-refractivity contribution in [1.29, 1.82) is 0 Å². The molecular weight excluding hydrogens is 160 g/mol. The molecule has 0 aliphatic rings. The number of ketones is 2. The lowest BCUT2D eigenvalue weighted by atomic mass is 9.88. The van der Waals surface area contributed by atoms with Crippen molar-refractivity contribution in [2.24, 2.45) is 5.41 Å². The molecule has 0 saturated heterocycles. The normalized spacial score (nSPS) is 10.9. The molecule has 0 saturated carbocycles. The third kappa shape index (κ3) is 3.27. The van der Waals surface area contributed by atoms with Crippen LogP contribution in [0.5, 0.6) is 0 Å². The first-order valence-electron chi connectivity index (χ1n) is 3.54. The van der Waals surface area contributed by atoms with Crippen LogP contribution in [0.3, 0.4) is 0 Å². The van der Waals surface area contributed by atoms with E-state index in [0.717, 1.165) is 0 Å². The monoisotopic (exact) mass is 172 g/mol. The molecular formula is C8H12O4. The van der Waals surface area contributed by atoms with Crippen LogP contribution in [0.1, 0.15) is 27.2 Å². The zero-order valence-electron chi connectivity index (χ0n) is 7.38. The third-order valence-electron chi connectivity index (χ3n) is 1.40. The second kappa shape index (κ2) is 3.47. The Hall–Kier alpha value is -1.19. The fourth-order valence-corrected chi connectivity index (χ4v) is 0.487. The lowest BCUT2D eigenvalue weighted by Gasteiger charge is -2.14. The Kier molecular flexibility index (Phi) is 3.13. The summed E-state index contributed by atoms with van der Waals surface area (Å²) >= 11 is 0. The molecule has 0 radical (unpaired) electrons. The smallest absolute Gasteiger partial charge is 0.372 e. The van der Waals surface area contributed by atoms with Crippen LogP contribution in [-0.4, -0.2) is 22.6 Å². The van der Waals surface area contributed by atoms with Crippen molar-refractivity contribution < 1.29 is 19.5 Å². The molecule has 0 aliphatic heterocycles. The zero-order valence-corrected chi connectivity index (χ0v) is 7.38. The van der Waals surface area contributed by atoms with Gasteiger partial charge in [-0.15, -0.1) is 0 Å². The Morgan fingerprint density at radius 1 is 1.17 bits per heavy atom. The van der Waals surface area contributed by atoms with Crippen LogP contribution < -0.4 is 0 Å². The van der Waals surface area contributed by atoms with E-state index in [-0.39, 0.29) is 5.78 Å². The largest absolute Gasteiger partial charge is 0.475 e. The number of Topliss-reactive ketones (excluding diaryl/α,β-unsaturated/α-hetero) is 2. The second-order valence-electron chi connectivity index (χ2n) is 3.58. The predicted molar refractivity (Wildman–Crippen MR) is 41.7 cm³/mol. The van der Waals surface area contributed by atoms with Gasteiger partial charge in [0.05, 0.1) is 6.42 Å². The summed E-state index contributed by atoms with van der Waals surface area (Å²) in [5.74, 6) is -2.95. The average molecular weight is 172 g/mol. The summed E-state index contributed by atoms with van der Waals surface area (Å²) in [5, 5.41) is 8.19. The van der Waals surface area contributed by atoms with E-state index in [1.807, 2.05) is 0 Å². The molecule has 0 bridgehead atoms. The number of carboxylic acids is 1. The van der Waals surface area contributed by atoms with Gasteiger partial charge in [-0.2, -0.15) is 0 Å². The molecule has 0 aromatic rings. The Morgan fingerprint density at radius 2 is 1.58 bits per heavy atom. The Bertz CT molecular complexity index is 222. The lowest BCUT2D eigenvalue weighted by molar-refractivity contribution is -0.150. The summed E-state index contributed by atoms with van der Waals surface area (Å²) < 4.78 is 0. The van der Waals surface area contributed by atoms with E-state index in [4.69, 9.17) is 5.11 Å². The minimum Gasteiger partial charge on any atom is -0.475 e. The van der Waals surface area contributed by atoms with Crippen molar-refractivity contribution in [2.45, 2.75) is 27.2 Å². The molecule has 0 aromatic carbocycles. The zero-order chi connectivity index (χ0) is 9.94. The highest BCUT2D eigenvalue weighted by atomic mass is 16.4. The van der Waals surface area contributed by atoms with Gasteiger partial charge >= 0.3 is 5.97 Å². The van der Waals surface area contributed by atoms with Gasteiger partial charge in [0.2, 0.25) is 5.78 Å². The first-order chi connectivity index (χ1) is 5.25. The molecule has 68 valence electrons. The van der Waals surface area contributed by atoms with Crippen LogP contribution in [0.25, 0.3) is 0 Å². The van der Waals surface area contributed by atoms with Gasteiger partial charge in [-0.1, -0.05) is 20.8 Å². The summed E-state index contributed by atoms with van der Waals surface area (Å²) in [6.45, 7) is 4.93. The van der Waals surface area contributed by atoms with Crippen LogP contribution in [-0.2, 0) is 14.4 Å². The maximum absolute atomic E-state index is 11.1. The van der Waals surface area contributed by atoms with E-state index in [1.54, 1.807) is 20.8 Å². The van der Waals surface area contributed by atoms with Crippen molar-refractivity contribution in [1.82, 2.24) is 0 Å². The van der Waals surface area contributed by atoms with Gasteiger partial charge in [0.15, 0.2) is 0 Å². The van der Waals surface area contributed by atoms with Crippen LogP contribution in [0.2, 0.25) is 0 Å². The molecule has 0 aliphatic carbocycles. The second-order valence-corrected chi connectivity index (χ2v) is 3.58. The lowest BCUT2D eigenvalue weighted by Crippen LogP contribution is -2.26. The van der Waals surface area contributed by atoms with Crippen molar-refractivity contribution >= 4 is 17.5 Å². The highest BCUT2D eigenvalue weighted by Crippen LogP contribution is 2.16. The predicted octanol–water partition coefficient (Wildman–Crippen LogP) is 0.645. The van der Waals surface area contributed by atoms with Gasteiger partial charge in [0.1, 0.15) is 5.78 Å². The number of rotatable bonds is 3. The van der Waals surface area contributed by atoms with E-state index >= 15 is 0 Å². The molecule has 12 heavy (non-hydrogen) atoms. The molecule has 0 atom stereocenters. The van der Waals surface area contributed by atoms with Crippen LogP contribution in [0.4, 0.5) is 0 Å². The van der Waals surface area contributed by atoms with E-state index in [2.05, 4.69) is 0 Å². The number of carboxylic acid groups (broad SMARTS) is 1. The SMILES string of the molecule is CC(C)(C)C(=O)CC(=O)C(=O)O. The Morgan fingerprint density at radius 3 is 1.83 bits per heavy atom. The summed E-state index contributed by atoms with van der Waals surface area (Å²) in [4.78, 5) is 31.7. The van der Waals surface area contributed by atoms with Crippen molar-refractivity contribution in [3.63, 3.8) is 0 Å². The van der Waals surface area contributed by atoms with E-state index < -0.39 is 23.6 Å². The van der Waals surface area contributed by atoms with Gasteiger partial charge in [0.25, 0.3) is 0 Å². The Balaban J connectivity index is 4.21. The van der Waals surface area contributed by atoms with Crippen LogP contribution >= 0.6 is 0 Å². The highest BCUT2D eigenvalue weighted by molar-refractivity contribution is 6.36. The molecule has 0 rings (SSSR count). The molecule has 0 spiro atoms. The molecule has 1 N–H and O–H groups in total. The minimum absolute atomic E-state index is 0.352. The van der Waals surface area contributed by atoms with Gasteiger partial charge in [-0.25, -0.2) is 4.79 Å². The van der Waals surface area contributed by atoms with Gasteiger partial charge in [-0.3, -0.25) is 9.59 Å². The molecule has 0 unspecified atom stereocenters. The molecule has 0 aromatic heterocycles. The summed E-state index contributed by atoms with van der Waals surface area (Å²) in [7, 11) is 0. The number of aliphatic carboxylic acids is 1. The van der Waals surface area contributed by atoms with Crippen LogP contribution in [0.15, 0.2) is 0 Å². The van der Waals surface area contributed by atoms with E-state index in [9.17, 15) is 14.4 Å². The van der Waals surface area contributed by atoms with Gasteiger partial charge in [0, 0.05) is 5.41 Å². The average Bonchev–Trinajstić information content (AvgIpc) is 1.85. The van der Waals surface area contributed by atoms with Crippen LogP contribution in [0, 0.1) is 5.41 Å². The van der Waals surface area contributed by atoms with E-state index in [1.165, 1.54) is 0 Å².